The summed E-state index contributed by atoms with van der Waals surface area (Å²) in [5.74, 6) is 0.519. The number of rotatable bonds is 3. The fourth-order valence-electron chi connectivity index (χ4n) is 3.00. The largest absolute Gasteiger partial charge is 0.375 e. The Balaban J connectivity index is 1.43. The van der Waals surface area contributed by atoms with Gasteiger partial charge in [0.1, 0.15) is 0 Å². The van der Waals surface area contributed by atoms with E-state index in [1.54, 1.807) is 12.3 Å². The fraction of sp³-hybridized carbons (Fsp3) is 0.643. The molecule has 1 aromatic heterocycles. The summed E-state index contributed by atoms with van der Waals surface area (Å²) in [4.78, 5) is 11.8. The first-order valence-corrected chi connectivity index (χ1v) is 7.21. The molecule has 1 aliphatic carbocycles. The molecule has 2 heterocycles. The highest BCUT2D eigenvalue weighted by molar-refractivity contribution is 5.88. The molecule has 20 heavy (non-hydrogen) atoms. The lowest BCUT2D eigenvalue weighted by Gasteiger charge is -2.47. The van der Waals surface area contributed by atoms with Crippen LogP contribution in [0.5, 0.6) is 0 Å². The van der Waals surface area contributed by atoms with Crippen LogP contribution in [-0.4, -0.2) is 35.0 Å². The Morgan fingerprint density at radius 3 is 3.05 bits per heavy atom. The molecule has 6 nitrogen and oxygen atoms in total. The number of urea groups is 1. The van der Waals surface area contributed by atoms with Crippen molar-refractivity contribution in [1.29, 1.82) is 0 Å². The summed E-state index contributed by atoms with van der Waals surface area (Å²) >= 11 is 0. The van der Waals surface area contributed by atoms with Crippen molar-refractivity contribution in [3.05, 3.63) is 18.5 Å². The Labute approximate surface area is 118 Å². The minimum absolute atomic E-state index is 0.135. The zero-order valence-electron chi connectivity index (χ0n) is 11.5. The van der Waals surface area contributed by atoms with Crippen molar-refractivity contribution in [1.82, 2.24) is 15.5 Å². The molecule has 2 amide bonds. The topological polar surface area (TPSA) is 76.1 Å². The Kier molecular flexibility index (Phi) is 3.82. The Morgan fingerprint density at radius 2 is 2.35 bits per heavy atom. The molecule has 0 radical (unpaired) electrons. The Hall–Kier alpha value is -1.69. The van der Waals surface area contributed by atoms with Gasteiger partial charge in [0.25, 0.3) is 0 Å². The summed E-state index contributed by atoms with van der Waals surface area (Å²) in [6.45, 7) is 1.53. The highest BCUT2D eigenvalue weighted by atomic mass is 16.5. The van der Waals surface area contributed by atoms with E-state index >= 15 is 0 Å². The molecule has 6 heteroatoms. The van der Waals surface area contributed by atoms with Crippen molar-refractivity contribution in [3.63, 3.8) is 0 Å². The van der Waals surface area contributed by atoms with Gasteiger partial charge in [0.15, 0.2) is 0 Å². The number of hydrogen-bond donors (Lipinski definition) is 2. The van der Waals surface area contributed by atoms with Crippen LogP contribution in [0.4, 0.5) is 10.5 Å². The van der Waals surface area contributed by atoms with Crippen molar-refractivity contribution in [2.24, 2.45) is 5.92 Å². The van der Waals surface area contributed by atoms with E-state index in [0.29, 0.717) is 18.2 Å². The quantitative estimate of drug-likeness (QED) is 0.884. The molecule has 2 aliphatic rings. The van der Waals surface area contributed by atoms with E-state index < -0.39 is 0 Å². The van der Waals surface area contributed by atoms with Crippen LogP contribution in [0.25, 0.3) is 0 Å². The van der Waals surface area contributed by atoms with Gasteiger partial charge in [-0.15, -0.1) is 0 Å². The second-order valence-electron chi connectivity index (χ2n) is 5.71. The molecular formula is C14H20N4O2. The number of nitrogens with zero attached hydrogens (tertiary/aromatic N) is 2. The van der Waals surface area contributed by atoms with Crippen molar-refractivity contribution >= 4 is 11.7 Å². The van der Waals surface area contributed by atoms with Crippen LogP contribution in [0.3, 0.4) is 0 Å². The molecule has 0 unspecified atom stereocenters. The van der Waals surface area contributed by atoms with Crippen LogP contribution >= 0.6 is 0 Å². The summed E-state index contributed by atoms with van der Waals surface area (Å²) in [6.07, 6.45) is 8.81. The van der Waals surface area contributed by atoms with Gasteiger partial charge in [-0.3, -0.25) is 0 Å². The number of amides is 2. The number of carbonyl (C=O) groups excluding carboxylic acids is 1. The van der Waals surface area contributed by atoms with Crippen LogP contribution in [0.1, 0.15) is 32.1 Å². The molecule has 1 aliphatic heterocycles. The van der Waals surface area contributed by atoms with E-state index in [0.717, 1.165) is 19.4 Å². The van der Waals surface area contributed by atoms with Gasteiger partial charge in [0, 0.05) is 13.2 Å². The monoisotopic (exact) mass is 276 g/mol. The molecular weight excluding hydrogens is 256 g/mol. The molecule has 1 aromatic rings. The van der Waals surface area contributed by atoms with Crippen LogP contribution in [0, 0.1) is 5.92 Å². The van der Waals surface area contributed by atoms with E-state index in [9.17, 15) is 4.79 Å². The normalized spacial score (nSPS) is 23.9. The zero-order chi connectivity index (χ0) is 13.8. The summed E-state index contributed by atoms with van der Waals surface area (Å²) in [7, 11) is 0. The lowest BCUT2D eigenvalue weighted by atomic mass is 9.72. The zero-order valence-corrected chi connectivity index (χ0v) is 11.5. The predicted molar refractivity (Wildman–Crippen MR) is 74.3 cm³/mol. The fourth-order valence-corrected chi connectivity index (χ4v) is 3.00. The lowest BCUT2D eigenvalue weighted by molar-refractivity contribution is -0.142. The smallest absolute Gasteiger partial charge is 0.319 e. The van der Waals surface area contributed by atoms with Gasteiger partial charge in [0.05, 0.1) is 23.7 Å². The number of carbonyl (C=O) groups is 1. The highest BCUT2D eigenvalue weighted by Gasteiger charge is 2.42. The minimum atomic E-state index is -0.188. The highest BCUT2D eigenvalue weighted by Crippen LogP contribution is 2.43. The van der Waals surface area contributed by atoms with Gasteiger partial charge in [-0.1, -0.05) is 0 Å². The molecule has 0 bridgehead atoms. The predicted octanol–water partition coefficient (Wildman–Crippen LogP) is 1.95. The van der Waals surface area contributed by atoms with E-state index in [2.05, 4.69) is 20.8 Å². The summed E-state index contributed by atoms with van der Waals surface area (Å²) in [5, 5.41) is 13.1. The van der Waals surface area contributed by atoms with Crippen molar-refractivity contribution < 1.29 is 9.53 Å². The molecule has 2 N–H and O–H groups in total. The van der Waals surface area contributed by atoms with Crippen molar-refractivity contribution in [3.8, 4) is 0 Å². The molecule has 1 atom stereocenters. The third kappa shape index (κ3) is 3.07. The van der Waals surface area contributed by atoms with E-state index in [1.807, 2.05) is 0 Å². The molecule has 1 saturated carbocycles. The first-order chi connectivity index (χ1) is 9.76. The second kappa shape index (κ2) is 5.75. The van der Waals surface area contributed by atoms with Gasteiger partial charge in [-0.05, 0) is 44.1 Å². The van der Waals surface area contributed by atoms with Crippen molar-refractivity contribution in [2.45, 2.75) is 37.7 Å². The third-order valence-corrected chi connectivity index (χ3v) is 4.25. The van der Waals surface area contributed by atoms with Gasteiger partial charge in [0.2, 0.25) is 0 Å². The second-order valence-corrected chi connectivity index (χ2v) is 5.71. The SMILES string of the molecule is O=C(NC[C@H]1CCOC2(CCC2)C1)Nc1ccnnc1. The molecule has 1 saturated heterocycles. The standard InChI is InChI=1S/C14H20N4O2/c19-13(18-12-2-6-16-17-10-12)15-9-11-3-7-20-14(8-11)4-1-5-14/h2,6,10-11H,1,3-5,7-9H2,(H2,15,16,18,19)/t11-/m0/s1. The molecule has 1 spiro atoms. The van der Waals surface area contributed by atoms with Crippen LogP contribution in [0.15, 0.2) is 18.5 Å². The van der Waals surface area contributed by atoms with Crippen LogP contribution < -0.4 is 10.6 Å². The number of aromatic nitrogens is 2. The first-order valence-electron chi connectivity index (χ1n) is 7.21. The summed E-state index contributed by atoms with van der Waals surface area (Å²) in [6, 6.07) is 1.52. The van der Waals surface area contributed by atoms with E-state index in [-0.39, 0.29) is 11.6 Å². The van der Waals surface area contributed by atoms with Gasteiger partial charge >= 0.3 is 6.03 Å². The third-order valence-electron chi connectivity index (χ3n) is 4.25. The molecule has 108 valence electrons. The first kappa shape index (κ1) is 13.3. The number of anilines is 1. The number of nitrogens with one attached hydrogen (secondary N) is 2. The van der Waals surface area contributed by atoms with E-state index in [4.69, 9.17) is 4.74 Å². The van der Waals surface area contributed by atoms with Gasteiger partial charge in [-0.25, -0.2) is 4.79 Å². The van der Waals surface area contributed by atoms with Crippen LogP contribution in [-0.2, 0) is 4.74 Å². The minimum Gasteiger partial charge on any atom is -0.375 e. The molecule has 0 aromatic carbocycles. The summed E-state index contributed by atoms with van der Waals surface area (Å²) in [5.41, 5.74) is 0.788. The average Bonchev–Trinajstić information content (AvgIpc) is 2.45. The lowest BCUT2D eigenvalue weighted by Crippen LogP contribution is -2.47. The maximum absolute atomic E-state index is 11.8. The Bertz CT molecular complexity index is 462. The van der Waals surface area contributed by atoms with Gasteiger partial charge in [-0.2, -0.15) is 10.2 Å². The maximum Gasteiger partial charge on any atom is 0.319 e. The van der Waals surface area contributed by atoms with Crippen molar-refractivity contribution in [2.75, 3.05) is 18.5 Å². The number of ether oxygens (including phenoxy) is 1. The number of hydrogen-bond acceptors (Lipinski definition) is 4. The average molecular weight is 276 g/mol. The molecule has 2 fully saturated rings. The van der Waals surface area contributed by atoms with Gasteiger partial charge < -0.3 is 15.4 Å². The van der Waals surface area contributed by atoms with E-state index in [1.165, 1.54) is 25.5 Å². The maximum atomic E-state index is 11.8. The molecule has 3 rings (SSSR count). The van der Waals surface area contributed by atoms with Crippen LogP contribution in [0.2, 0.25) is 0 Å². The summed E-state index contributed by atoms with van der Waals surface area (Å²) < 4.78 is 5.89. The Morgan fingerprint density at radius 1 is 1.45 bits per heavy atom.